The summed E-state index contributed by atoms with van der Waals surface area (Å²) in [6.07, 6.45) is 2.71. The van der Waals surface area contributed by atoms with E-state index in [4.69, 9.17) is 4.52 Å². The SMILES string of the molecule is CCNCc1cc(CN2CC3CCCN3CC2C)on1. The Kier molecular flexibility index (Phi) is 4.38. The van der Waals surface area contributed by atoms with Crippen LogP contribution in [0.15, 0.2) is 10.6 Å². The Morgan fingerprint density at radius 1 is 1.45 bits per heavy atom. The molecule has 2 saturated heterocycles. The van der Waals surface area contributed by atoms with E-state index in [0.717, 1.165) is 37.1 Å². The van der Waals surface area contributed by atoms with Gasteiger partial charge in [-0.2, -0.15) is 0 Å². The van der Waals surface area contributed by atoms with Gasteiger partial charge in [0.1, 0.15) is 0 Å². The molecule has 0 bridgehead atoms. The minimum atomic E-state index is 0.603. The molecule has 1 aromatic heterocycles. The number of nitrogens with one attached hydrogen (secondary N) is 1. The van der Waals surface area contributed by atoms with E-state index in [-0.39, 0.29) is 0 Å². The molecule has 2 aliphatic rings. The van der Waals surface area contributed by atoms with Gasteiger partial charge in [-0.1, -0.05) is 12.1 Å². The van der Waals surface area contributed by atoms with Crippen molar-refractivity contribution < 1.29 is 4.52 Å². The van der Waals surface area contributed by atoms with Crippen molar-refractivity contribution in [3.8, 4) is 0 Å². The van der Waals surface area contributed by atoms with Crippen LogP contribution in [0.4, 0.5) is 0 Å². The first-order valence-electron chi connectivity index (χ1n) is 7.89. The van der Waals surface area contributed by atoms with Crippen LogP contribution in [-0.2, 0) is 13.1 Å². The summed E-state index contributed by atoms with van der Waals surface area (Å²) in [5, 5.41) is 7.41. The first-order valence-corrected chi connectivity index (χ1v) is 7.89. The fraction of sp³-hybridized carbons (Fsp3) is 0.800. The lowest BCUT2D eigenvalue weighted by Gasteiger charge is -2.41. The van der Waals surface area contributed by atoms with Gasteiger partial charge in [0.2, 0.25) is 0 Å². The van der Waals surface area contributed by atoms with E-state index in [2.05, 4.69) is 40.2 Å². The molecule has 3 heterocycles. The molecule has 0 radical (unpaired) electrons. The van der Waals surface area contributed by atoms with Crippen LogP contribution < -0.4 is 5.32 Å². The van der Waals surface area contributed by atoms with E-state index in [1.165, 1.54) is 32.5 Å². The van der Waals surface area contributed by atoms with Crippen molar-refractivity contribution in [2.75, 3.05) is 26.2 Å². The highest BCUT2D eigenvalue weighted by Gasteiger charge is 2.34. The predicted octanol–water partition coefficient (Wildman–Crippen LogP) is 1.45. The van der Waals surface area contributed by atoms with Crippen LogP contribution in [0.5, 0.6) is 0 Å². The van der Waals surface area contributed by atoms with Gasteiger partial charge in [-0.05, 0) is 32.9 Å². The smallest absolute Gasteiger partial charge is 0.151 e. The van der Waals surface area contributed by atoms with E-state index in [9.17, 15) is 0 Å². The van der Waals surface area contributed by atoms with Crippen LogP contribution in [0.3, 0.4) is 0 Å². The maximum absolute atomic E-state index is 5.48. The molecular weight excluding hydrogens is 252 g/mol. The topological polar surface area (TPSA) is 44.5 Å². The molecule has 1 aromatic rings. The third-order valence-corrected chi connectivity index (χ3v) is 4.59. The van der Waals surface area contributed by atoms with Crippen molar-refractivity contribution in [1.29, 1.82) is 0 Å². The molecular formula is C15H26N4O. The second-order valence-corrected chi connectivity index (χ2v) is 6.13. The van der Waals surface area contributed by atoms with Crippen molar-refractivity contribution in [2.24, 2.45) is 0 Å². The van der Waals surface area contributed by atoms with Gasteiger partial charge in [0.25, 0.3) is 0 Å². The molecule has 2 atom stereocenters. The molecule has 5 heteroatoms. The van der Waals surface area contributed by atoms with E-state index in [1.807, 2.05) is 0 Å². The van der Waals surface area contributed by atoms with Gasteiger partial charge in [0, 0.05) is 37.8 Å². The van der Waals surface area contributed by atoms with Crippen LogP contribution in [0.25, 0.3) is 0 Å². The maximum Gasteiger partial charge on any atom is 0.151 e. The van der Waals surface area contributed by atoms with Crippen molar-refractivity contribution >= 4 is 0 Å². The maximum atomic E-state index is 5.48. The molecule has 20 heavy (non-hydrogen) atoms. The Labute approximate surface area is 121 Å². The summed E-state index contributed by atoms with van der Waals surface area (Å²) in [6.45, 7) is 10.7. The third-order valence-electron chi connectivity index (χ3n) is 4.59. The lowest BCUT2D eigenvalue weighted by atomic mass is 10.1. The average molecular weight is 278 g/mol. The van der Waals surface area contributed by atoms with E-state index in [0.29, 0.717) is 6.04 Å². The number of nitrogens with zero attached hydrogens (tertiary/aromatic N) is 3. The van der Waals surface area contributed by atoms with Gasteiger partial charge in [0.15, 0.2) is 5.76 Å². The van der Waals surface area contributed by atoms with Gasteiger partial charge in [-0.25, -0.2) is 0 Å². The third kappa shape index (κ3) is 3.05. The monoisotopic (exact) mass is 278 g/mol. The van der Waals surface area contributed by atoms with Crippen LogP contribution in [0.2, 0.25) is 0 Å². The normalized spacial score (nSPS) is 27.9. The van der Waals surface area contributed by atoms with Crippen molar-refractivity contribution in [3.05, 3.63) is 17.5 Å². The highest BCUT2D eigenvalue weighted by Crippen LogP contribution is 2.25. The highest BCUT2D eigenvalue weighted by atomic mass is 16.5. The van der Waals surface area contributed by atoms with E-state index >= 15 is 0 Å². The van der Waals surface area contributed by atoms with Crippen LogP contribution in [-0.4, -0.2) is 53.2 Å². The lowest BCUT2D eigenvalue weighted by molar-refractivity contribution is 0.0480. The second kappa shape index (κ2) is 6.24. The summed E-state index contributed by atoms with van der Waals surface area (Å²) in [4.78, 5) is 5.20. The molecule has 2 aliphatic heterocycles. The summed E-state index contributed by atoms with van der Waals surface area (Å²) < 4.78 is 5.48. The molecule has 0 saturated carbocycles. The number of fused-ring (bicyclic) bond motifs is 1. The molecule has 112 valence electrons. The van der Waals surface area contributed by atoms with E-state index in [1.54, 1.807) is 0 Å². The number of hydrogen-bond donors (Lipinski definition) is 1. The summed E-state index contributed by atoms with van der Waals surface area (Å²) in [5.41, 5.74) is 1.01. The standard InChI is InChI=1S/C15H26N4O/c1-3-16-8-13-7-15(20-17-13)11-19-10-14-5-4-6-18(14)9-12(19)2/h7,12,14,16H,3-6,8-11H2,1-2H3. The number of hydrogen-bond acceptors (Lipinski definition) is 5. The molecule has 0 aromatic carbocycles. The van der Waals surface area contributed by atoms with Crippen LogP contribution in [0, 0.1) is 0 Å². The molecule has 2 fully saturated rings. The molecule has 5 nitrogen and oxygen atoms in total. The first-order chi connectivity index (χ1) is 9.76. The largest absolute Gasteiger partial charge is 0.360 e. The fourth-order valence-electron chi connectivity index (χ4n) is 3.43. The lowest BCUT2D eigenvalue weighted by Crippen LogP contribution is -2.54. The minimum Gasteiger partial charge on any atom is -0.360 e. The quantitative estimate of drug-likeness (QED) is 0.883. The minimum absolute atomic E-state index is 0.603. The highest BCUT2D eigenvalue weighted by molar-refractivity contribution is 5.06. The Hall–Kier alpha value is -0.910. The Balaban J connectivity index is 1.57. The van der Waals surface area contributed by atoms with Crippen molar-refractivity contribution in [3.63, 3.8) is 0 Å². The molecule has 3 rings (SSSR count). The Morgan fingerprint density at radius 3 is 3.20 bits per heavy atom. The summed E-state index contributed by atoms with van der Waals surface area (Å²) in [7, 11) is 0. The van der Waals surface area contributed by atoms with Gasteiger partial charge in [0.05, 0.1) is 12.2 Å². The summed E-state index contributed by atoms with van der Waals surface area (Å²) >= 11 is 0. The zero-order valence-electron chi connectivity index (χ0n) is 12.6. The van der Waals surface area contributed by atoms with E-state index < -0.39 is 0 Å². The fourth-order valence-corrected chi connectivity index (χ4v) is 3.43. The number of piperazine rings is 1. The molecule has 2 unspecified atom stereocenters. The summed E-state index contributed by atoms with van der Waals surface area (Å²) in [6, 6.07) is 3.46. The Bertz CT molecular complexity index is 433. The van der Waals surface area contributed by atoms with Crippen molar-refractivity contribution in [2.45, 2.75) is 51.9 Å². The molecule has 0 aliphatic carbocycles. The summed E-state index contributed by atoms with van der Waals surface area (Å²) in [5.74, 6) is 0.996. The first kappa shape index (κ1) is 14.0. The van der Waals surface area contributed by atoms with Gasteiger partial charge < -0.3 is 9.84 Å². The van der Waals surface area contributed by atoms with Gasteiger partial charge in [-0.15, -0.1) is 0 Å². The average Bonchev–Trinajstić information content (AvgIpc) is 3.06. The Morgan fingerprint density at radius 2 is 2.35 bits per heavy atom. The molecule has 0 amide bonds. The predicted molar refractivity (Wildman–Crippen MR) is 78.4 cm³/mol. The van der Waals surface area contributed by atoms with Crippen LogP contribution >= 0.6 is 0 Å². The second-order valence-electron chi connectivity index (χ2n) is 6.13. The zero-order valence-corrected chi connectivity index (χ0v) is 12.6. The number of rotatable bonds is 5. The molecule has 0 spiro atoms. The molecule has 1 N–H and O–H groups in total. The van der Waals surface area contributed by atoms with Gasteiger partial charge >= 0.3 is 0 Å². The van der Waals surface area contributed by atoms with Gasteiger partial charge in [-0.3, -0.25) is 9.80 Å². The number of aromatic nitrogens is 1. The van der Waals surface area contributed by atoms with Crippen molar-refractivity contribution in [1.82, 2.24) is 20.3 Å². The van der Waals surface area contributed by atoms with Crippen LogP contribution in [0.1, 0.15) is 38.1 Å². The zero-order chi connectivity index (χ0) is 13.9.